The highest BCUT2D eigenvalue weighted by Gasteiger charge is 2.01. The Morgan fingerprint density at radius 3 is 2.67 bits per heavy atom. The first kappa shape index (κ1) is 15.0. The molecule has 0 bridgehead atoms. The van der Waals surface area contributed by atoms with Crippen molar-refractivity contribution >= 4 is 17.3 Å². The Balaban J connectivity index is 2.20. The summed E-state index contributed by atoms with van der Waals surface area (Å²) in [6.07, 6.45) is 3.25. The summed E-state index contributed by atoms with van der Waals surface area (Å²) in [4.78, 5) is 10.9. The van der Waals surface area contributed by atoms with Crippen molar-refractivity contribution in [2.45, 2.75) is 40.0 Å². The van der Waals surface area contributed by atoms with E-state index in [1.54, 1.807) is 11.3 Å². The Morgan fingerprint density at radius 1 is 1.39 bits per heavy atom. The molecular formula is C13H24N4S. The van der Waals surface area contributed by atoms with Gasteiger partial charge in [-0.1, -0.05) is 0 Å². The molecule has 0 aliphatic rings. The zero-order chi connectivity index (χ0) is 13.4. The summed E-state index contributed by atoms with van der Waals surface area (Å²) >= 11 is 1.75. The van der Waals surface area contributed by atoms with Crippen LogP contribution in [0.5, 0.6) is 0 Å². The monoisotopic (exact) mass is 268 g/mol. The van der Waals surface area contributed by atoms with Crippen LogP contribution < -0.4 is 5.73 Å². The van der Waals surface area contributed by atoms with Crippen LogP contribution in [0.15, 0.2) is 10.4 Å². The second kappa shape index (κ2) is 8.08. The van der Waals surface area contributed by atoms with E-state index in [-0.39, 0.29) is 0 Å². The van der Waals surface area contributed by atoms with Crippen LogP contribution in [0.1, 0.15) is 37.4 Å². The third kappa shape index (κ3) is 5.04. The molecule has 5 heteroatoms. The van der Waals surface area contributed by atoms with Crippen molar-refractivity contribution in [3.8, 4) is 0 Å². The smallest absolute Gasteiger partial charge is 0.191 e. The number of unbranched alkanes of at least 4 members (excludes halogenated alkanes) is 1. The number of aromatic nitrogens is 1. The molecule has 1 aromatic heterocycles. The molecule has 102 valence electrons. The van der Waals surface area contributed by atoms with Gasteiger partial charge in [0.1, 0.15) is 0 Å². The molecule has 0 saturated heterocycles. The average Bonchev–Trinajstić information content (AvgIpc) is 2.76. The summed E-state index contributed by atoms with van der Waals surface area (Å²) in [5, 5.41) is 3.33. The van der Waals surface area contributed by atoms with Crippen LogP contribution in [0.4, 0.5) is 0 Å². The fourth-order valence-corrected chi connectivity index (χ4v) is 2.56. The van der Waals surface area contributed by atoms with Gasteiger partial charge in [-0.15, -0.1) is 11.3 Å². The zero-order valence-corrected chi connectivity index (χ0v) is 12.5. The van der Waals surface area contributed by atoms with Gasteiger partial charge in [0.05, 0.1) is 5.01 Å². The van der Waals surface area contributed by atoms with Gasteiger partial charge in [-0.3, -0.25) is 4.99 Å². The molecule has 0 unspecified atom stereocenters. The second-order valence-corrected chi connectivity index (χ2v) is 5.19. The summed E-state index contributed by atoms with van der Waals surface area (Å²) in [7, 11) is 0. The van der Waals surface area contributed by atoms with E-state index in [2.05, 4.69) is 34.1 Å². The Kier molecular flexibility index (Phi) is 6.72. The van der Waals surface area contributed by atoms with Gasteiger partial charge < -0.3 is 10.6 Å². The van der Waals surface area contributed by atoms with Gasteiger partial charge in [-0.05, 0) is 40.0 Å². The number of rotatable bonds is 7. The van der Waals surface area contributed by atoms with Crippen molar-refractivity contribution in [3.05, 3.63) is 16.1 Å². The minimum Gasteiger partial charge on any atom is -0.370 e. The van der Waals surface area contributed by atoms with Gasteiger partial charge in [0.2, 0.25) is 0 Å². The lowest BCUT2D eigenvalue weighted by molar-refractivity contribution is 0.457. The maximum absolute atomic E-state index is 5.90. The van der Waals surface area contributed by atoms with Crippen LogP contribution in [0.25, 0.3) is 0 Å². The fourth-order valence-electron chi connectivity index (χ4n) is 1.75. The largest absolute Gasteiger partial charge is 0.370 e. The number of nitrogens with zero attached hydrogens (tertiary/aromatic N) is 3. The molecule has 0 aromatic carbocycles. The highest BCUT2D eigenvalue weighted by atomic mass is 32.1. The van der Waals surface area contributed by atoms with Crippen molar-refractivity contribution in [1.29, 1.82) is 0 Å². The Morgan fingerprint density at radius 2 is 2.11 bits per heavy atom. The number of thiazole rings is 1. The standard InChI is InChI=1S/C13H24N4S/c1-4-17(5-2)13(14)15-9-7-6-8-12-16-11(3)10-18-12/h10H,4-9H2,1-3H3,(H2,14,15). The molecule has 2 N–H and O–H groups in total. The Labute approximate surface area is 114 Å². The SMILES string of the molecule is CCN(CC)C(N)=NCCCCc1nc(C)cs1. The summed E-state index contributed by atoms with van der Waals surface area (Å²) in [6.45, 7) is 8.88. The maximum atomic E-state index is 5.90. The molecule has 0 fully saturated rings. The predicted molar refractivity (Wildman–Crippen MR) is 79.2 cm³/mol. The number of hydrogen-bond donors (Lipinski definition) is 1. The van der Waals surface area contributed by atoms with Gasteiger partial charge in [0, 0.05) is 30.7 Å². The lowest BCUT2D eigenvalue weighted by atomic mass is 10.2. The van der Waals surface area contributed by atoms with E-state index >= 15 is 0 Å². The van der Waals surface area contributed by atoms with Gasteiger partial charge in [0.15, 0.2) is 5.96 Å². The minimum atomic E-state index is 0.671. The molecule has 0 amide bonds. The number of aryl methyl sites for hydroxylation is 2. The van der Waals surface area contributed by atoms with E-state index in [1.165, 1.54) is 5.01 Å². The molecule has 1 aromatic rings. The molecule has 0 aliphatic heterocycles. The third-order valence-corrected chi connectivity index (χ3v) is 3.85. The van der Waals surface area contributed by atoms with E-state index < -0.39 is 0 Å². The van der Waals surface area contributed by atoms with Crippen molar-refractivity contribution in [1.82, 2.24) is 9.88 Å². The molecular weight excluding hydrogens is 244 g/mol. The van der Waals surface area contributed by atoms with Gasteiger partial charge in [-0.25, -0.2) is 4.98 Å². The van der Waals surface area contributed by atoms with E-state index in [4.69, 9.17) is 5.73 Å². The first-order valence-corrected chi connectivity index (χ1v) is 7.51. The molecule has 0 radical (unpaired) electrons. The van der Waals surface area contributed by atoms with Crippen molar-refractivity contribution in [2.75, 3.05) is 19.6 Å². The van der Waals surface area contributed by atoms with Crippen molar-refractivity contribution in [3.63, 3.8) is 0 Å². The van der Waals surface area contributed by atoms with E-state index in [1.807, 2.05) is 6.92 Å². The van der Waals surface area contributed by atoms with Gasteiger partial charge in [-0.2, -0.15) is 0 Å². The average molecular weight is 268 g/mol. The molecule has 4 nitrogen and oxygen atoms in total. The molecule has 0 saturated carbocycles. The molecule has 0 spiro atoms. The summed E-state index contributed by atoms with van der Waals surface area (Å²) in [5.41, 5.74) is 7.03. The minimum absolute atomic E-state index is 0.671. The van der Waals surface area contributed by atoms with Gasteiger partial charge >= 0.3 is 0 Å². The fraction of sp³-hybridized carbons (Fsp3) is 0.692. The Hall–Kier alpha value is -1.10. The van der Waals surface area contributed by atoms with Crippen molar-refractivity contribution < 1.29 is 0 Å². The third-order valence-electron chi connectivity index (χ3n) is 2.83. The van der Waals surface area contributed by atoms with Crippen LogP contribution in [0.3, 0.4) is 0 Å². The number of guanidine groups is 1. The van der Waals surface area contributed by atoms with Crippen LogP contribution in [-0.4, -0.2) is 35.5 Å². The quantitative estimate of drug-likeness (QED) is 0.469. The van der Waals surface area contributed by atoms with E-state index in [9.17, 15) is 0 Å². The molecule has 0 aliphatic carbocycles. The van der Waals surface area contributed by atoms with Crippen molar-refractivity contribution in [2.24, 2.45) is 10.7 Å². The second-order valence-electron chi connectivity index (χ2n) is 4.25. The summed E-state index contributed by atoms with van der Waals surface area (Å²) < 4.78 is 0. The van der Waals surface area contributed by atoms with E-state index in [0.717, 1.165) is 44.6 Å². The normalized spacial score (nSPS) is 11.8. The number of hydrogen-bond acceptors (Lipinski definition) is 3. The molecule has 1 rings (SSSR count). The maximum Gasteiger partial charge on any atom is 0.191 e. The first-order valence-electron chi connectivity index (χ1n) is 6.63. The zero-order valence-electron chi connectivity index (χ0n) is 11.6. The van der Waals surface area contributed by atoms with Crippen LogP contribution in [0, 0.1) is 6.92 Å². The summed E-state index contributed by atoms with van der Waals surface area (Å²) in [6, 6.07) is 0. The van der Waals surface area contributed by atoms with E-state index in [0.29, 0.717) is 5.96 Å². The highest BCUT2D eigenvalue weighted by molar-refractivity contribution is 7.09. The van der Waals surface area contributed by atoms with Crippen LogP contribution in [-0.2, 0) is 6.42 Å². The van der Waals surface area contributed by atoms with Crippen LogP contribution >= 0.6 is 11.3 Å². The lowest BCUT2D eigenvalue weighted by Gasteiger charge is -2.19. The number of nitrogens with two attached hydrogens (primary N) is 1. The Bertz CT molecular complexity index is 369. The first-order chi connectivity index (χ1) is 8.67. The predicted octanol–water partition coefficient (Wildman–Crippen LogP) is 2.43. The van der Waals surface area contributed by atoms with Gasteiger partial charge in [0.25, 0.3) is 0 Å². The van der Waals surface area contributed by atoms with Crippen LogP contribution in [0.2, 0.25) is 0 Å². The lowest BCUT2D eigenvalue weighted by Crippen LogP contribution is -2.37. The molecule has 18 heavy (non-hydrogen) atoms. The topological polar surface area (TPSA) is 54.5 Å². The number of aliphatic imine (C=N–C) groups is 1. The molecule has 1 heterocycles. The highest BCUT2D eigenvalue weighted by Crippen LogP contribution is 2.11. The molecule has 0 atom stereocenters. The summed E-state index contributed by atoms with van der Waals surface area (Å²) in [5.74, 6) is 0.671.